The monoisotopic (exact) mass is 167 g/mol. The maximum Gasteiger partial charge on any atom is 0.346 e. The van der Waals surface area contributed by atoms with Gasteiger partial charge in [0.15, 0.2) is 5.34 Å². The molecule has 0 radical (unpaired) electrons. The Balaban J connectivity index is 2.52. The number of aromatic nitrogens is 2. The van der Waals surface area contributed by atoms with Crippen molar-refractivity contribution in [1.82, 2.24) is 9.97 Å². The van der Waals surface area contributed by atoms with Crippen LogP contribution in [0.4, 0.5) is 0 Å². The van der Waals surface area contributed by atoms with E-state index in [0.29, 0.717) is 5.82 Å². The van der Waals surface area contributed by atoms with Crippen molar-refractivity contribution >= 4 is 5.97 Å². The molecule has 0 aromatic carbocycles. The van der Waals surface area contributed by atoms with Crippen molar-refractivity contribution in [2.75, 3.05) is 0 Å². The molecule has 1 aromatic heterocycles. The molecule has 0 fully saturated rings. The lowest BCUT2D eigenvalue weighted by molar-refractivity contribution is -0.143. The fourth-order valence-corrected chi connectivity index (χ4v) is 0.624. The van der Waals surface area contributed by atoms with E-state index >= 15 is 0 Å². The van der Waals surface area contributed by atoms with Gasteiger partial charge in [-0.05, 0) is 6.07 Å². The maximum absolute atomic E-state index is 10.6. The first kappa shape index (κ1) is 8.25. The minimum absolute atomic E-state index is 0.146. The molecule has 1 rings (SSSR count). The number of carbonyl (C=O) groups is 1. The minimum Gasteiger partial charge on any atom is -0.284 e. The van der Waals surface area contributed by atoms with Crippen molar-refractivity contribution in [3.63, 3.8) is 0 Å². The van der Waals surface area contributed by atoms with Crippen LogP contribution < -0.4 is 0 Å². The van der Waals surface area contributed by atoms with E-state index < -0.39 is 5.97 Å². The zero-order valence-electron chi connectivity index (χ0n) is 6.01. The van der Waals surface area contributed by atoms with Crippen molar-refractivity contribution in [2.24, 2.45) is 5.34 Å². The van der Waals surface area contributed by atoms with E-state index in [1.165, 1.54) is 12.4 Å². The van der Waals surface area contributed by atoms with Crippen LogP contribution in [0.5, 0.6) is 0 Å². The van der Waals surface area contributed by atoms with Crippen LogP contribution in [0, 0.1) is 4.91 Å². The van der Waals surface area contributed by atoms with Crippen LogP contribution in [0.1, 0.15) is 5.82 Å². The van der Waals surface area contributed by atoms with Gasteiger partial charge in [0.2, 0.25) is 0 Å². The molecular formula is C6H5N3O3. The van der Waals surface area contributed by atoms with Gasteiger partial charge in [-0.1, -0.05) is 0 Å². The first-order valence-corrected chi connectivity index (χ1v) is 3.11. The highest BCUT2D eigenvalue weighted by Gasteiger charge is 2.06. The van der Waals surface area contributed by atoms with Crippen molar-refractivity contribution in [3.8, 4) is 0 Å². The Morgan fingerprint density at radius 1 is 1.50 bits per heavy atom. The summed E-state index contributed by atoms with van der Waals surface area (Å²) in [6.45, 7) is 0. The smallest absolute Gasteiger partial charge is 0.284 e. The van der Waals surface area contributed by atoms with Gasteiger partial charge in [-0.15, -0.1) is 4.91 Å². The fourth-order valence-electron chi connectivity index (χ4n) is 0.624. The van der Waals surface area contributed by atoms with Crippen molar-refractivity contribution in [2.45, 2.75) is 6.42 Å². The average molecular weight is 167 g/mol. The third-order valence-corrected chi connectivity index (χ3v) is 1.06. The fraction of sp³-hybridized carbons (Fsp3) is 0.167. The Labute approximate surface area is 67.5 Å². The van der Waals surface area contributed by atoms with Gasteiger partial charge in [-0.2, -0.15) is 0 Å². The molecule has 0 N–H and O–H groups in total. The summed E-state index contributed by atoms with van der Waals surface area (Å²) in [5.41, 5.74) is 0. The topological polar surface area (TPSA) is 81.5 Å². The summed E-state index contributed by atoms with van der Waals surface area (Å²) in [5, 5.41) is 1.98. The molecule has 0 aliphatic carbocycles. The van der Waals surface area contributed by atoms with E-state index in [0.717, 1.165) is 0 Å². The van der Waals surface area contributed by atoms with Gasteiger partial charge < -0.3 is 0 Å². The molecule has 0 saturated heterocycles. The van der Waals surface area contributed by atoms with Crippen molar-refractivity contribution < 1.29 is 9.63 Å². The number of carbonyl (C=O) groups excluding carboxylic acids is 1. The molecular weight excluding hydrogens is 162 g/mol. The molecule has 6 heteroatoms. The van der Waals surface area contributed by atoms with Gasteiger partial charge in [-0.25, -0.2) is 14.8 Å². The summed E-state index contributed by atoms with van der Waals surface area (Å²) in [6, 6.07) is 1.62. The zero-order chi connectivity index (χ0) is 8.81. The van der Waals surface area contributed by atoms with Gasteiger partial charge in [0.05, 0.1) is 0 Å². The molecule has 1 aromatic rings. The van der Waals surface area contributed by atoms with Gasteiger partial charge in [0.25, 0.3) is 0 Å². The molecule has 0 atom stereocenters. The molecule has 0 aliphatic rings. The molecule has 0 amide bonds. The minimum atomic E-state index is -0.767. The third kappa shape index (κ3) is 2.41. The summed E-state index contributed by atoms with van der Waals surface area (Å²) in [4.78, 5) is 31.4. The number of hydrogen-bond donors (Lipinski definition) is 0. The summed E-state index contributed by atoms with van der Waals surface area (Å²) >= 11 is 0. The highest BCUT2D eigenvalue weighted by molar-refractivity contribution is 5.71. The highest BCUT2D eigenvalue weighted by atomic mass is 16.7. The molecule has 0 unspecified atom stereocenters. The van der Waals surface area contributed by atoms with Crippen LogP contribution in [0.2, 0.25) is 0 Å². The van der Waals surface area contributed by atoms with Crippen LogP contribution in [0.3, 0.4) is 0 Å². The number of hydrogen-bond acceptors (Lipinski definition) is 6. The number of rotatable bonds is 3. The second-order valence-corrected chi connectivity index (χ2v) is 1.88. The van der Waals surface area contributed by atoms with Crippen molar-refractivity contribution in [1.29, 1.82) is 0 Å². The molecule has 12 heavy (non-hydrogen) atoms. The Bertz CT molecular complexity index is 275. The zero-order valence-corrected chi connectivity index (χ0v) is 6.01. The molecule has 62 valence electrons. The van der Waals surface area contributed by atoms with Crippen LogP contribution in [-0.2, 0) is 16.1 Å². The lowest BCUT2D eigenvalue weighted by atomic mass is 10.4. The summed E-state index contributed by atoms with van der Waals surface area (Å²) < 4.78 is 0. The second kappa shape index (κ2) is 4.12. The number of nitrogens with zero attached hydrogens (tertiary/aromatic N) is 3. The van der Waals surface area contributed by atoms with E-state index in [1.54, 1.807) is 6.07 Å². The second-order valence-electron chi connectivity index (χ2n) is 1.88. The normalized spacial score (nSPS) is 9.00. The van der Waals surface area contributed by atoms with Crippen LogP contribution >= 0.6 is 0 Å². The van der Waals surface area contributed by atoms with E-state index in [4.69, 9.17) is 0 Å². The standard InChI is InChI=1S/C6H5N3O3/c10-6(12-9-11)4-5-7-2-1-3-8-5/h1-3H,4H2. The maximum atomic E-state index is 10.6. The predicted octanol–water partition coefficient (Wildman–Crippen LogP) is 0.244. The quantitative estimate of drug-likeness (QED) is 0.475. The summed E-state index contributed by atoms with van der Waals surface area (Å²) in [7, 11) is 0. The Morgan fingerprint density at radius 3 is 2.75 bits per heavy atom. The first-order chi connectivity index (χ1) is 5.83. The molecule has 0 aliphatic heterocycles. The van der Waals surface area contributed by atoms with Crippen LogP contribution in [0.15, 0.2) is 23.8 Å². The molecule has 1 heterocycles. The largest absolute Gasteiger partial charge is 0.346 e. The molecule has 6 nitrogen and oxygen atoms in total. The van der Waals surface area contributed by atoms with Crippen molar-refractivity contribution in [3.05, 3.63) is 29.2 Å². The van der Waals surface area contributed by atoms with E-state index in [2.05, 4.69) is 14.8 Å². The lowest BCUT2D eigenvalue weighted by Crippen LogP contribution is -2.06. The Kier molecular flexibility index (Phi) is 2.83. The predicted molar refractivity (Wildman–Crippen MR) is 37.6 cm³/mol. The SMILES string of the molecule is O=NOC(=O)Cc1ncccn1. The van der Waals surface area contributed by atoms with Crippen LogP contribution in [-0.4, -0.2) is 15.9 Å². The first-order valence-electron chi connectivity index (χ1n) is 3.11. The van der Waals surface area contributed by atoms with Gasteiger partial charge in [0.1, 0.15) is 12.2 Å². The van der Waals surface area contributed by atoms with Crippen LogP contribution in [0.25, 0.3) is 0 Å². The Hall–Kier alpha value is -1.85. The van der Waals surface area contributed by atoms with Gasteiger partial charge in [-0.3, -0.25) is 4.84 Å². The molecule has 0 bridgehead atoms. The van der Waals surface area contributed by atoms with Gasteiger partial charge >= 0.3 is 5.97 Å². The third-order valence-electron chi connectivity index (χ3n) is 1.06. The summed E-state index contributed by atoms with van der Waals surface area (Å²) in [6.07, 6.45) is 2.83. The van der Waals surface area contributed by atoms with E-state index in [9.17, 15) is 9.70 Å². The summed E-state index contributed by atoms with van der Waals surface area (Å²) in [5.74, 6) is -0.470. The van der Waals surface area contributed by atoms with E-state index in [-0.39, 0.29) is 6.42 Å². The lowest BCUT2D eigenvalue weighted by Gasteiger charge is -1.93. The molecule has 0 spiro atoms. The Morgan fingerprint density at radius 2 is 2.17 bits per heavy atom. The highest BCUT2D eigenvalue weighted by Crippen LogP contribution is 1.91. The van der Waals surface area contributed by atoms with E-state index in [1.807, 2.05) is 5.34 Å². The average Bonchev–Trinajstić information content (AvgIpc) is 2.06. The van der Waals surface area contributed by atoms with Gasteiger partial charge in [0, 0.05) is 12.4 Å². The molecule has 0 saturated carbocycles.